The molecule has 3 rings (SSSR count). The zero-order valence-electron chi connectivity index (χ0n) is 17.6. The van der Waals surface area contributed by atoms with Crippen molar-refractivity contribution in [2.75, 3.05) is 32.1 Å². The Hall–Kier alpha value is -2.91. The highest BCUT2D eigenvalue weighted by Gasteiger charge is 2.27. The van der Waals surface area contributed by atoms with Crippen molar-refractivity contribution >= 4 is 27.6 Å². The third kappa shape index (κ3) is 5.42. The predicted octanol–water partition coefficient (Wildman–Crippen LogP) is 2.97. The maximum Gasteiger partial charge on any atom is 0.338 e. The monoisotopic (exact) mass is 446 g/mol. The van der Waals surface area contributed by atoms with Crippen LogP contribution in [0.25, 0.3) is 0 Å². The molecular weight excluding hydrogens is 420 g/mol. The number of anilines is 1. The lowest BCUT2D eigenvalue weighted by Gasteiger charge is -2.26. The van der Waals surface area contributed by atoms with Gasteiger partial charge in [-0.2, -0.15) is 4.31 Å². The Morgan fingerprint density at radius 1 is 1.06 bits per heavy atom. The Balaban J connectivity index is 1.68. The van der Waals surface area contributed by atoms with Crippen LogP contribution in [0.2, 0.25) is 0 Å². The number of ether oxygens (including phenoxy) is 2. The number of methoxy groups -OCH3 is 1. The van der Waals surface area contributed by atoms with Gasteiger partial charge in [-0.3, -0.25) is 4.79 Å². The van der Waals surface area contributed by atoms with Crippen LogP contribution in [0.4, 0.5) is 5.69 Å². The molecule has 2 aromatic rings. The van der Waals surface area contributed by atoms with Crippen LogP contribution in [0.1, 0.15) is 35.2 Å². The van der Waals surface area contributed by atoms with E-state index in [9.17, 15) is 18.0 Å². The quantitative estimate of drug-likeness (QED) is 0.656. The lowest BCUT2D eigenvalue weighted by molar-refractivity contribution is -0.119. The molecule has 0 spiro atoms. The summed E-state index contributed by atoms with van der Waals surface area (Å²) < 4.78 is 37.5. The number of carbonyl (C=O) groups is 2. The predicted molar refractivity (Wildman–Crippen MR) is 116 cm³/mol. The summed E-state index contributed by atoms with van der Waals surface area (Å²) in [6.45, 7) is 2.11. The Morgan fingerprint density at radius 2 is 1.77 bits per heavy atom. The fourth-order valence-electron chi connectivity index (χ4n) is 3.38. The summed E-state index contributed by atoms with van der Waals surface area (Å²) in [5, 5.41) is 2.62. The van der Waals surface area contributed by atoms with Crippen molar-refractivity contribution in [2.45, 2.75) is 31.1 Å². The van der Waals surface area contributed by atoms with Gasteiger partial charge in [-0.1, -0.05) is 24.6 Å². The molecule has 31 heavy (non-hydrogen) atoms. The van der Waals surface area contributed by atoms with Crippen molar-refractivity contribution in [1.82, 2.24) is 4.31 Å². The van der Waals surface area contributed by atoms with Crippen LogP contribution in [-0.2, 0) is 19.6 Å². The molecule has 1 aliphatic rings. The molecule has 0 atom stereocenters. The van der Waals surface area contributed by atoms with Crippen molar-refractivity contribution in [2.24, 2.45) is 0 Å². The summed E-state index contributed by atoms with van der Waals surface area (Å²) in [5.74, 6) is -0.815. The lowest BCUT2D eigenvalue weighted by Crippen LogP contribution is -2.35. The first-order valence-electron chi connectivity index (χ1n) is 10.0. The van der Waals surface area contributed by atoms with Gasteiger partial charge in [-0.15, -0.1) is 0 Å². The van der Waals surface area contributed by atoms with Gasteiger partial charge in [0.25, 0.3) is 5.91 Å². The van der Waals surface area contributed by atoms with E-state index in [2.05, 4.69) is 5.32 Å². The third-order valence-corrected chi connectivity index (χ3v) is 6.99. The van der Waals surface area contributed by atoms with Crippen LogP contribution in [0, 0.1) is 6.92 Å². The number of nitrogens with one attached hydrogen (secondary N) is 1. The molecule has 1 fully saturated rings. The lowest BCUT2D eigenvalue weighted by atomic mass is 10.1. The molecule has 2 aromatic carbocycles. The highest BCUT2D eigenvalue weighted by atomic mass is 32.2. The second kappa shape index (κ2) is 9.93. The SMILES string of the molecule is COc1ccccc1NC(=O)COC(=O)c1cc(S(=O)(=O)N2CCCCC2)ccc1C. The van der Waals surface area contributed by atoms with E-state index in [1.807, 2.05) is 0 Å². The van der Waals surface area contributed by atoms with Crippen molar-refractivity contribution in [3.05, 3.63) is 53.6 Å². The molecule has 1 N–H and O–H groups in total. The number of sulfonamides is 1. The third-order valence-electron chi connectivity index (χ3n) is 5.10. The molecule has 0 aliphatic carbocycles. The van der Waals surface area contributed by atoms with E-state index in [1.54, 1.807) is 37.3 Å². The molecule has 166 valence electrons. The van der Waals surface area contributed by atoms with E-state index in [1.165, 1.54) is 23.5 Å². The van der Waals surface area contributed by atoms with E-state index in [0.717, 1.165) is 19.3 Å². The second-order valence-electron chi connectivity index (χ2n) is 7.27. The average molecular weight is 447 g/mol. The summed E-state index contributed by atoms with van der Waals surface area (Å²) in [4.78, 5) is 24.8. The van der Waals surface area contributed by atoms with Crippen LogP contribution in [0.5, 0.6) is 5.75 Å². The number of carbonyl (C=O) groups excluding carboxylic acids is 2. The normalized spacial score (nSPS) is 14.6. The number of para-hydroxylation sites is 2. The molecule has 8 nitrogen and oxygen atoms in total. The van der Waals surface area contributed by atoms with Crippen LogP contribution < -0.4 is 10.1 Å². The molecule has 1 heterocycles. The summed E-state index contributed by atoms with van der Waals surface area (Å²) in [7, 11) is -2.20. The summed E-state index contributed by atoms with van der Waals surface area (Å²) in [5.41, 5.74) is 1.13. The van der Waals surface area contributed by atoms with Crippen molar-refractivity contribution in [3.8, 4) is 5.75 Å². The number of aryl methyl sites for hydroxylation is 1. The van der Waals surface area contributed by atoms with Crippen LogP contribution >= 0.6 is 0 Å². The minimum Gasteiger partial charge on any atom is -0.495 e. The number of esters is 1. The minimum absolute atomic E-state index is 0.0467. The number of piperidine rings is 1. The fraction of sp³-hybridized carbons (Fsp3) is 0.364. The first-order valence-corrected chi connectivity index (χ1v) is 11.5. The van der Waals surface area contributed by atoms with Crippen molar-refractivity contribution in [3.63, 3.8) is 0 Å². The van der Waals surface area contributed by atoms with Gasteiger partial charge in [0.15, 0.2) is 6.61 Å². The minimum atomic E-state index is -3.68. The topological polar surface area (TPSA) is 102 Å². The van der Waals surface area contributed by atoms with Gasteiger partial charge in [0.05, 0.1) is 23.3 Å². The summed E-state index contributed by atoms with van der Waals surface area (Å²) in [6, 6.07) is 11.2. The molecule has 0 saturated carbocycles. The van der Waals surface area contributed by atoms with Crippen LogP contribution in [0.15, 0.2) is 47.4 Å². The zero-order chi connectivity index (χ0) is 22.4. The molecule has 1 amide bonds. The Kier molecular flexibility index (Phi) is 7.29. The van der Waals surface area contributed by atoms with Gasteiger partial charge in [-0.05, 0) is 49.6 Å². The van der Waals surface area contributed by atoms with Crippen LogP contribution in [0.3, 0.4) is 0 Å². The van der Waals surface area contributed by atoms with Gasteiger partial charge in [-0.25, -0.2) is 13.2 Å². The molecule has 0 radical (unpaired) electrons. The number of amides is 1. The van der Waals surface area contributed by atoms with E-state index in [-0.39, 0.29) is 10.5 Å². The second-order valence-corrected chi connectivity index (χ2v) is 9.20. The standard InChI is InChI=1S/C22H26N2O6S/c1-16-10-11-17(31(27,28)24-12-6-3-7-13-24)14-18(16)22(26)30-15-21(25)23-19-8-4-5-9-20(19)29-2/h4-5,8-11,14H,3,6-7,12-13,15H2,1-2H3,(H,23,25). The number of benzene rings is 2. The van der Waals surface area contributed by atoms with Gasteiger partial charge < -0.3 is 14.8 Å². The largest absolute Gasteiger partial charge is 0.495 e. The number of nitrogens with zero attached hydrogens (tertiary/aromatic N) is 1. The smallest absolute Gasteiger partial charge is 0.338 e. The molecule has 1 saturated heterocycles. The fourth-order valence-corrected chi connectivity index (χ4v) is 4.92. The average Bonchev–Trinajstić information content (AvgIpc) is 2.78. The van der Waals surface area contributed by atoms with Gasteiger partial charge in [0.2, 0.25) is 10.0 Å². The number of hydrogen-bond donors (Lipinski definition) is 1. The zero-order valence-corrected chi connectivity index (χ0v) is 18.4. The Labute approximate surface area is 182 Å². The Bertz CT molecular complexity index is 1060. The maximum atomic E-state index is 12.9. The van der Waals surface area contributed by atoms with E-state index in [0.29, 0.717) is 30.1 Å². The van der Waals surface area contributed by atoms with Gasteiger partial charge in [0.1, 0.15) is 5.75 Å². The highest BCUT2D eigenvalue weighted by Crippen LogP contribution is 2.24. The molecule has 1 aliphatic heterocycles. The van der Waals surface area contributed by atoms with E-state index in [4.69, 9.17) is 9.47 Å². The number of rotatable bonds is 7. The molecule has 0 bridgehead atoms. The van der Waals surface area contributed by atoms with Crippen molar-refractivity contribution < 1.29 is 27.5 Å². The maximum absolute atomic E-state index is 12.9. The van der Waals surface area contributed by atoms with Crippen molar-refractivity contribution in [1.29, 1.82) is 0 Å². The summed E-state index contributed by atoms with van der Waals surface area (Å²) in [6.07, 6.45) is 2.65. The molecule has 0 unspecified atom stereocenters. The van der Waals surface area contributed by atoms with Crippen LogP contribution in [-0.4, -0.2) is 51.4 Å². The van der Waals surface area contributed by atoms with Gasteiger partial charge >= 0.3 is 5.97 Å². The van der Waals surface area contributed by atoms with E-state index < -0.39 is 28.5 Å². The summed E-state index contributed by atoms with van der Waals surface area (Å²) >= 11 is 0. The first-order chi connectivity index (χ1) is 14.8. The molecule has 9 heteroatoms. The molecular formula is C22H26N2O6S. The van der Waals surface area contributed by atoms with Gasteiger partial charge in [0, 0.05) is 13.1 Å². The van der Waals surface area contributed by atoms with E-state index >= 15 is 0 Å². The Morgan fingerprint density at radius 3 is 2.48 bits per heavy atom. The number of hydrogen-bond acceptors (Lipinski definition) is 6. The molecule has 0 aromatic heterocycles. The highest BCUT2D eigenvalue weighted by molar-refractivity contribution is 7.89. The first kappa shape index (κ1) is 22.8.